The van der Waals surface area contributed by atoms with E-state index in [1.807, 2.05) is 12.1 Å². The second-order valence-electron chi connectivity index (χ2n) is 3.58. The van der Waals surface area contributed by atoms with Crippen LogP contribution in [0.15, 0.2) is 36.8 Å². The first-order valence-electron chi connectivity index (χ1n) is 5.18. The first-order chi connectivity index (χ1) is 8.24. The third kappa shape index (κ3) is 3.30. The van der Waals surface area contributed by atoms with E-state index in [2.05, 4.69) is 15.4 Å². The van der Waals surface area contributed by atoms with E-state index in [-0.39, 0.29) is 12.5 Å². The maximum Gasteiger partial charge on any atom is 0.241 e. The fourth-order valence-electron chi connectivity index (χ4n) is 1.37. The summed E-state index contributed by atoms with van der Waals surface area (Å²) in [6.45, 7) is 0.626. The Balaban J connectivity index is 1.82. The average molecular weight is 231 g/mol. The predicted octanol–water partition coefficient (Wildman–Crippen LogP) is 0.177. The van der Waals surface area contributed by atoms with Crippen molar-refractivity contribution in [2.45, 2.75) is 13.1 Å². The van der Waals surface area contributed by atoms with E-state index in [1.165, 1.54) is 4.68 Å². The van der Waals surface area contributed by atoms with Crippen LogP contribution in [0.1, 0.15) is 5.56 Å². The van der Waals surface area contributed by atoms with Gasteiger partial charge in [-0.1, -0.05) is 6.07 Å². The molecule has 0 spiro atoms. The molecule has 0 aliphatic rings. The first kappa shape index (κ1) is 11.1. The molecule has 0 unspecified atom stereocenters. The van der Waals surface area contributed by atoms with Crippen LogP contribution >= 0.6 is 0 Å². The van der Waals surface area contributed by atoms with E-state index in [1.54, 1.807) is 24.7 Å². The summed E-state index contributed by atoms with van der Waals surface area (Å²) in [5, 5.41) is 6.70. The molecule has 0 aliphatic carbocycles. The number of nitrogens with two attached hydrogens (primary N) is 1. The van der Waals surface area contributed by atoms with E-state index in [4.69, 9.17) is 5.73 Å². The summed E-state index contributed by atoms with van der Waals surface area (Å²) < 4.78 is 1.49. The summed E-state index contributed by atoms with van der Waals surface area (Å²) in [4.78, 5) is 15.5. The van der Waals surface area contributed by atoms with Gasteiger partial charge in [-0.3, -0.25) is 14.5 Å². The predicted molar refractivity (Wildman–Crippen MR) is 62.7 cm³/mol. The average Bonchev–Trinajstić information content (AvgIpc) is 2.73. The second kappa shape index (κ2) is 5.11. The Kier molecular flexibility index (Phi) is 3.34. The zero-order valence-electron chi connectivity index (χ0n) is 9.21. The molecule has 2 heterocycles. The van der Waals surface area contributed by atoms with E-state index < -0.39 is 0 Å². The van der Waals surface area contributed by atoms with Gasteiger partial charge in [-0.25, -0.2) is 0 Å². The third-order valence-electron chi connectivity index (χ3n) is 2.18. The van der Waals surface area contributed by atoms with Gasteiger partial charge in [-0.05, 0) is 17.7 Å². The molecule has 1 amide bonds. The first-order valence-corrected chi connectivity index (χ1v) is 5.18. The maximum absolute atomic E-state index is 11.6. The van der Waals surface area contributed by atoms with Crippen molar-refractivity contribution in [1.82, 2.24) is 20.1 Å². The quantitative estimate of drug-likeness (QED) is 0.785. The minimum Gasteiger partial charge on any atom is -0.382 e. The Morgan fingerprint density at radius 1 is 1.47 bits per heavy atom. The number of nitrogens with one attached hydrogen (secondary N) is 1. The van der Waals surface area contributed by atoms with Gasteiger partial charge in [0.2, 0.25) is 5.91 Å². The minimum absolute atomic E-state index is 0.114. The molecule has 3 N–H and O–H groups in total. The molecule has 17 heavy (non-hydrogen) atoms. The van der Waals surface area contributed by atoms with Crippen LogP contribution < -0.4 is 11.1 Å². The monoisotopic (exact) mass is 231 g/mol. The van der Waals surface area contributed by atoms with Crippen LogP contribution in [0.3, 0.4) is 0 Å². The summed E-state index contributed by atoms with van der Waals surface area (Å²) in [7, 11) is 0. The van der Waals surface area contributed by atoms with Crippen molar-refractivity contribution in [2.75, 3.05) is 5.73 Å². The molecule has 0 fully saturated rings. The highest BCUT2D eigenvalue weighted by Crippen LogP contribution is 1.96. The van der Waals surface area contributed by atoms with Gasteiger partial charge < -0.3 is 11.1 Å². The molecule has 2 rings (SSSR count). The van der Waals surface area contributed by atoms with E-state index in [9.17, 15) is 4.79 Å². The lowest BCUT2D eigenvalue weighted by Crippen LogP contribution is -2.27. The number of amides is 1. The molecule has 0 aliphatic heterocycles. The van der Waals surface area contributed by atoms with Crippen LogP contribution in [-0.4, -0.2) is 20.7 Å². The van der Waals surface area contributed by atoms with E-state index >= 15 is 0 Å². The highest BCUT2D eigenvalue weighted by molar-refractivity contribution is 5.75. The molecule has 0 atom stereocenters. The number of carbonyl (C=O) groups excluding carboxylic acids is 1. The van der Waals surface area contributed by atoms with Gasteiger partial charge >= 0.3 is 0 Å². The highest BCUT2D eigenvalue weighted by atomic mass is 16.2. The van der Waals surface area contributed by atoms with Gasteiger partial charge in [-0.15, -0.1) is 0 Å². The van der Waals surface area contributed by atoms with E-state index in [0.717, 1.165) is 5.56 Å². The number of hydrogen-bond acceptors (Lipinski definition) is 4. The summed E-state index contributed by atoms with van der Waals surface area (Å²) in [6, 6.07) is 5.38. The zero-order chi connectivity index (χ0) is 12.1. The maximum atomic E-state index is 11.6. The van der Waals surface area contributed by atoms with Crippen LogP contribution in [0.25, 0.3) is 0 Å². The number of hydrogen-bond donors (Lipinski definition) is 2. The molecule has 0 radical (unpaired) electrons. The van der Waals surface area contributed by atoms with Crippen molar-refractivity contribution in [1.29, 1.82) is 0 Å². The summed E-state index contributed by atoms with van der Waals surface area (Å²) in [6.07, 6.45) is 5.07. The van der Waals surface area contributed by atoms with Crippen molar-refractivity contribution in [3.05, 3.63) is 42.4 Å². The van der Waals surface area contributed by atoms with Gasteiger partial charge in [0.25, 0.3) is 0 Å². The summed E-state index contributed by atoms with van der Waals surface area (Å²) >= 11 is 0. The van der Waals surface area contributed by atoms with Crippen molar-refractivity contribution in [3.63, 3.8) is 0 Å². The molecule has 6 heteroatoms. The molecule has 0 saturated carbocycles. The summed E-state index contributed by atoms with van der Waals surface area (Å²) in [5.41, 5.74) is 6.41. The number of aromatic nitrogens is 3. The number of nitrogens with zero attached hydrogens (tertiary/aromatic N) is 3. The van der Waals surface area contributed by atoms with Crippen molar-refractivity contribution in [3.8, 4) is 0 Å². The largest absolute Gasteiger partial charge is 0.382 e. The van der Waals surface area contributed by atoms with E-state index in [0.29, 0.717) is 12.4 Å². The third-order valence-corrected chi connectivity index (χ3v) is 2.18. The molecule has 0 aromatic carbocycles. The Morgan fingerprint density at radius 3 is 3.00 bits per heavy atom. The van der Waals surface area contributed by atoms with Gasteiger partial charge in [-0.2, -0.15) is 5.10 Å². The molecule has 0 saturated heterocycles. The Hall–Kier alpha value is -2.37. The SMILES string of the molecule is Nc1ccn(CC(=O)NCc2cccnc2)n1. The fourth-order valence-corrected chi connectivity index (χ4v) is 1.37. The van der Waals surface area contributed by atoms with Gasteiger partial charge in [0.15, 0.2) is 0 Å². The van der Waals surface area contributed by atoms with Crippen LogP contribution in [0.4, 0.5) is 5.82 Å². The van der Waals surface area contributed by atoms with Crippen molar-refractivity contribution in [2.24, 2.45) is 0 Å². The summed E-state index contributed by atoms with van der Waals surface area (Å²) in [5.74, 6) is 0.294. The lowest BCUT2D eigenvalue weighted by atomic mass is 10.3. The standard InChI is InChI=1S/C11H13N5O/c12-10-3-5-16(15-10)8-11(17)14-7-9-2-1-4-13-6-9/h1-6H,7-8H2,(H2,12,15)(H,14,17). The molecule has 2 aromatic rings. The molecular weight excluding hydrogens is 218 g/mol. The number of nitrogen functional groups attached to an aromatic ring is 1. The Labute approximate surface area is 98.5 Å². The number of pyridine rings is 1. The van der Waals surface area contributed by atoms with Crippen molar-refractivity contribution < 1.29 is 4.79 Å². The van der Waals surface area contributed by atoms with Crippen LogP contribution in [0, 0.1) is 0 Å². The zero-order valence-corrected chi connectivity index (χ0v) is 9.21. The molecule has 88 valence electrons. The van der Waals surface area contributed by atoms with Crippen LogP contribution in [0.5, 0.6) is 0 Å². The second-order valence-corrected chi connectivity index (χ2v) is 3.58. The molecule has 2 aromatic heterocycles. The fraction of sp³-hybridized carbons (Fsp3) is 0.182. The highest BCUT2D eigenvalue weighted by Gasteiger charge is 2.03. The minimum atomic E-state index is -0.114. The smallest absolute Gasteiger partial charge is 0.241 e. The van der Waals surface area contributed by atoms with Crippen molar-refractivity contribution >= 4 is 11.7 Å². The number of carbonyl (C=O) groups is 1. The Bertz CT molecular complexity index is 494. The molecular formula is C11H13N5O. The van der Waals surface area contributed by atoms with Gasteiger partial charge in [0.05, 0.1) is 0 Å². The van der Waals surface area contributed by atoms with Gasteiger partial charge in [0.1, 0.15) is 12.4 Å². The molecule has 6 nitrogen and oxygen atoms in total. The lowest BCUT2D eigenvalue weighted by Gasteiger charge is -2.04. The number of anilines is 1. The lowest BCUT2D eigenvalue weighted by molar-refractivity contribution is -0.122. The Morgan fingerprint density at radius 2 is 2.35 bits per heavy atom. The number of rotatable bonds is 4. The van der Waals surface area contributed by atoms with Crippen LogP contribution in [-0.2, 0) is 17.9 Å². The topological polar surface area (TPSA) is 85.8 Å². The van der Waals surface area contributed by atoms with Crippen LogP contribution in [0.2, 0.25) is 0 Å². The normalized spacial score (nSPS) is 10.1. The molecule has 0 bridgehead atoms. The van der Waals surface area contributed by atoms with Gasteiger partial charge in [0, 0.05) is 25.1 Å².